The summed E-state index contributed by atoms with van der Waals surface area (Å²) < 4.78 is 26.3. The number of imidazole rings is 1. The maximum absolute atomic E-state index is 14.1. The minimum Gasteiger partial charge on any atom is -0.494 e. The number of halogens is 1. The summed E-state index contributed by atoms with van der Waals surface area (Å²) in [4.78, 5) is 19.8. The van der Waals surface area contributed by atoms with Crippen LogP contribution in [0.2, 0.25) is 0 Å². The molecule has 3 fully saturated rings. The molecule has 1 aliphatic heterocycles. The largest absolute Gasteiger partial charge is 0.494 e. The number of alkyl halides is 1. The van der Waals surface area contributed by atoms with Gasteiger partial charge in [-0.3, -0.25) is 9.48 Å². The van der Waals surface area contributed by atoms with E-state index in [2.05, 4.69) is 21.5 Å². The molecule has 2 atom stereocenters. The molecule has 0 radical (unpaired) electrons. The van der Waals surface area contributed by atoms with Gasteiger partial charge in [0.05, 0.1) is 30.9 Å². The van der Waals surface area contributed by atoms with Crippen LogP contribution in [0.3, 0.4) is 0 Å². The van der Waals surface area contributed by atoms with E-state index in [4.69, 9.17) is 20.6 Å². The topological polar surface area (TPSA) is 96.1 Å². The summed E-state index contributed by atoms with van der Waals surface area (Å²) in [6.45, 7) is 1.31. The molecule has 7 rings (SSSR count). The molecular weight excluding hydrogens is 473 g/mol. The first-order chi connectivity index (χ1) is 17.9. The van der Waals surface area contributed by atoms with Gasteiger partial charge < -0.3 is 24.5 Å². The van der Waals surface area contributed by atoms with Crippen LogP contribution in [0.25, 0.3) is 33.6 Å². The third-order valence-electron chi connectivity index (χ3n) is 7.99. The maximum Gasteiger partial charge on any atom is 0.254 e. The van der Waals surface area contributed by atoms with Gasteiger partial charge in [-0.15, -0.1) is 0 Å². The standard InChI is InChI=1S/C27H32FN7O2/c1-32-24-21(7-16(9-23(24)37-2)27(36)33-13-18(28)10-19(29)14-33)30-26(32)22-8-17-12-35(20-5-6-20)31-25(17)34(22)11-15-3-4-15/h7-9,12,15,18-20H,3-6,10-11,13-14,29H2,1-2H3/t18-,19-/m1/s1. The van der Waals surface area contributed by atoms with Crippen LogP contribution in [-0.2, 0) is 13.6 Å². The Morgan fingerprint density at radius 3 is 2.70 bits per heavy atom. The zero-order valence-corrected chi connectivity index (χ0v) is 21.2. The number of nitrogens with two attached hydrogens (primary N) is 1. The minimum absolute atomic E-state index is 0.0540. The first-order valence-corrected chi connectivity index (χ1v) is 13.2. The van der Waals surface area contributed by atoms with Gasteiger partial charge in [0, 0.05) is 43.3 Å². The van der Waals surface area contributed by atoms with Crippen molar-refractivity contribution in [2.45, 2.75) is 56.9 Å². The molecule has 0 unspecified atom stereocenters. The van der Waals surface area contributed by atoms with Gasteiger partial charge in [-0.25, -0.2) is 9.37 Å². The van der Waals surface area contributed by atoms with Crippen molar-refractivity contribution in [2.75, 3.05) is 20.2 Å². The van der Waals surface area contributed by atoms with Crippen LogP contribution in [0.5, 0.6) is 5.75 Å². The second kappa shape index (κ2) is 8.31. The number of nitrogens with zero attached hydrogens (tertiary/aromatic N) is 6. The Balaban J connectivity index is 1.32. The summed E-state index contributed by atoms with van der Waals surface area (Å²) in [5.74, 6) is 1.78. The van der Waals surface area contributed by atoms with E-state index in [0.717, 1.165) is 34.6 Å². The molecule has 1 amide bonds. The number of carbonyl (C=O) groups is 1. The number of hydrogen-bond donors (Lipinski definition) is 1. The van der Waals surface area contributed by atoms with E-state index < -0.39 is 6.17 Å². The van der Waals surface area contributed by atoms with Crippen molar-refractivity contribution >= 4 is 28.0 Å². The molecule has 37 heavy (non-hydrogen) atoms. The number of fused-ring (bicyclic) bond motifs is 2. The molecule has 0 bridgehead atoms. The van der Waals surface area contributed by atoms with Crippen molar-refractivity contribution in [3.8, 4) is 17.3 Å². The number of methoxy groups -OCH3 is 1. The Labute approximate surface area is 214 Å². The number of benzene rings is 1. The van der Waals surface area contributed by atoms with Crippen LogP contribution in [0.15, 0.2) is 24.4 Å². The van der Waals surface area contributed by atoms with Gasteiger partial charge in [-0.2, -0.15) is 5.10 Å². The van der Waals surface area contributed by atoms with Gasteiger partial charge in [0.2, 0.25) is 0 Å². The first-order valence-electron chi connectivity index (χ1n) is 13.2. The number of ether oxygens (including phenoxy) is 1. The van der Waals surface area contributed by atoms with Crippen molar-refractivity contribution in [1.82, 2.24) is 28.8 Å². The van der Waals surface area contributed by atoms with E-state index in [-0.39, 0.29) is 24.9 Å². The SMILES string of the molecule is COc1cc(C(=O)N2C[C@H](N)C[C@@H](F)C2)cc2nc(-c3cc4cn(C5CC5)nc4n3CC3CC3)n(C)c12. The summed E-state index contributed by atoms with van der Waals surface area (Å²) in [5, 5.41) is 6.07. The summed E-state index contributed by atoms with van der Waals surface area (Å²) in [6, 6.07) is 5.86. The molecule has 3 aliphatic rings. The number of aryl methyl sites for hydroxylation is 1. The van der Waals surface area contributed by atoms with E-state index in [0.29, 0.717) is 35.3 Å². The summed E-state index contributed by atoms with van der Waals surface area (Å²) >= 11 is 0. The Morgan fingerprint density at radius 1 is 1.19 bits per heavy atom. The second-order valence-electron chi connectivity index (χ2n) is 11.0. The zero-order valence-electron chi connectivity index (χ0n) is 21.2. The first kappa shape index (κ1) is 22.8. The molecule has 2 saturated carbocycles. The Morgan fingerprint density at radius 2 is 2.00 bits per heavy atom. The van der Waals surface area contributed by atoms with Gasteiger partial charge in [0.25, 0.3) is 5.91 Å². The number of piperidine rings is 1. The number of aromatic nitrogens is 5. The van der Waals surface area contributed by atoms with Crippen molar-refractivity contribution < 1.29 is 13.9 Å². The van der Waals surface area contributed by atoms with Crippen LogP contribution in [0.1, 0.15) is 48.5 Å². The van der Waals surface area contributed by atoms with Gasteiger partial charge in [-0.1, -0.05) is 0 Å². The quantitative estimate of drug-likeness (QED) is 0.432. The highest BCUT2D eigenvalue weighted by molar-refractivity contribution is 6.00. The molecule has 9 nitrogen and oxygen atoms in total. The lowest BCUT2D eigenvalue weighted by Crippen LogP contribution is -2.50. The zero-order chi connectivity index (χ0) is 25.4. The smallest absolute Gasteiger partial charge is 0.254 e. The molecular formula is C27H32FN7O2. The molecule has 194 valence electrons. The monoisotopic (exact) mass is 505 g/mol. The minimum atomic E-state index is -1.11. The van der Waals surface area contributed by atoms with Crippen LogP contribution < -0.4 is 10.5 Å². The third kappa shape index (κ3) is 3.89. The molecule has 10 heteroatoms. The molecule has 2 N–H and O–H groups in total. The van der Waals surface area contributed by atoms with Crippen molar-refractivity contribution in [2.24, 2.45) is 18.7 Å². The number of carbonyl (C=O) groups excluding carboxylic acids is 1. The normalized spacial score (nSPS) is 22.3. The van der Waals surface area contributed by atoms with Gasteiger partial charge in [0.1, 0.15) is 17.4 Å². The predicted octanol–water partition coefficient (Wildman–Crippen LogP) is 3.66. The number of likely N-dealkylation sites (tertiary alicyclic amines) is 1. The Kier molecular flexibility index (Phi) is 5.11. The molecule has 4 heterocycles. The van der Waals surface area contributed by atoms with Crippen LogP contribution >= 0.6 is 0 Å². The average molecular weight is 506 g/mol. The lowest BCUT2D eigenvalue weighted by atomic mass is 10.0. The van der Waals surface area contributed by atoms with Gasteiger partial charge in [-0.05, 0) is 56.2 Å². The highest BCUT2D eigenvalue weighted by atomic mass is 19.1. The van der Waals surface area contributed by atoms with Crippen LogP contribution in [0.4, 0.5) is 4.39 Å². The van der Waals surface area contributed by atoms with Gasteiger partial charge in [0.15, 0.2) is 11.5 Å². The molecule has 4 aromatic rings. The van der Waals surface area contributed by atoms with E-state index in [1.54, 1.807) is 19.2 Å². The van der Waals surface area contributed by atoms with Crippen molar-refractivity contribution in [3.63, 3.8) is 0 Å². The van der Waals surface area contributed by atoms with E-state index >= 15 is 0 Å². The fourth-order valence-corrected chi connectivity index (χ4v) is 5.74. The summed E-state index contributed by atoms with van der Waals surface area (Å²) in [5.41, 5.74) is 9.91. The Bertz CT molecular complexity index is 1520. The Hall–Kier alpha value is -3.40. The molecule has 2 aliphatic carbocycles. The lowest BCUT2D eigenvalue weighted by Gasteiger charge is -2.33. The number of rotatable bonds is 6. The highest BCUT2D eigenvalue weighted by Crippen LogP contribution is 2.40. The molecule has 1 saturated heterocycles. The maximum atomic E-state index is 14.1. The fraction of sp³-hybridized carbons (Fsp3) is 0.519. The van der Waals surface area contributed by atoms with Crippen LogP contribution in [-0.4, -0.2) is 67.1 Å². The van der Waals surface area contributed by atoms with Crippen molar-refractivity contribution in [1.29, 1.82) is 0 Å². The number of hydrogen-bond acceptors (Lipinski definition) is 5. The molecule has 1 aromatic carbocycles. The van der Waals surface area contributed by atoms with E-state index in [1.807, 2.05) is 11.6 Å². The van der Waals surface area contributed by atoms with Crippen LogP contribution in [0, 0.1) is 5.92 Å². The average Bonchev–Trinajstić information content (AvgIpc) is 3.79. The summed E-state index contributed by atoms with van der Waals surface area (Å²) in [6.07, 6.45) is 6.19. The predicted molar refractivity (Wildman–Crippen MR) is 138 cm³/mol. The lowest BCUT2D eigenvalue weighted by molar-refractivity contribution is 0.0606. The molecule has 0 spiro atoms. The van der Waals surface area contributed by atoms with Crippen molar-refractivity contribution in [3.05, 3.63) is 30.0 Å². The van der Waals surface area contributed by atoms with E-state index in [1.165, 1.54) is 30.6 Å². The van der Waals surface area contributed by atoms with Gasteiger partial charge >= 0.3 is 0 Å². The van der Waals surface area contributed by atoms with E-state index in [9.17, 15) is 9.18 Å². The highest BCUT2D eigenvalue weighted by Gasteiger charge is 2.31. The number of amides is 1. The molecule has 3 aromatic heterocycles. The third-order valence-corrected chi connectivity index (χ3v) is 7.99. The second-order valence-corrected chi connectivity index (χ2v) is 11.0. The summed E-state index contributed by atoms with van der Waals surface area (Å²) in [7, 11) is 3.57. The fourth-order valence-electron chi connectivity index (χ4n) is 5.74.